The number of nitrogens with one attached hydrogen (secondary N) is 4. The topological polar surface area (TPSA) is 86.8 Å². The molecule has 2 bridgehead atoms. The SMILES string of the molecule is O=C(COC1C=NC(C(F)(F)F)CC1)NC12CC(NCC3CNC(C(F)F)CN3)(C1)C2. The van der Waals surface area contributed by atoms with E-state index in [1.54, 1.807) is 0 Å². The molecule has 0 radical (unpaired) electrons. The Hall–Kier alpha value is -1.37. The van der Waals surface area contributed by atoms with Crippen LogP contribution in [0, 0.1) is 0 Å². The number of nitrogens with zero attached hydrogens (tertiary/aromatic N) is 1. The first-order chi connectivity index (χ1) is 14.6. The zero-order chi connectivity index (χ0) is 22.3. The molecule has 4 fully saturated rings. The zero-order valence-electron chi connectivity index (χ0n) is 17.0. The number of ether oxygens (including phenoxy) is 1. The van der Waals surface area contributed by atoms with E-state index in [9.17, 15) is 26.7 Å². The normalized spacial score (nSPS) is 39.7. The first-order valence-corrected chi connectivity index (χ1v) is 10.6. The highest BCUT2D eigenvalue weighted by molar-refractivity contribution is 5.79. The minimum Gasteiger partial charge on any atom is -0.363 e. The van der Waals surface area contributed by atoms with Gasteiger partial charge in [-0.1, -0.05) is 0 Å². The third-order valence-electron chi connectivity index (χ3n) is 6.68. The molecular formula is C19H28F5N5O2. The summed E-state index contributed by atoms with van der Waals surface area (Å²) in [7, 11) is 0. The van der Waals surface area contributed by atoms with E-state index in [4.69, 9.17) is 4.74 Å². The maximum atomic E-state index is 12.6. The number of aliphatic imine (C=N–C) groups is 1. The molecule has 0 aromatic heterocycles. The van der Waals surface area contributed by atoms with E-state index in [0.717, 1.165) is 25.5 Å². The molecule has 3 aliphatic carbocycles. The van der Waals surface area contributed by atoms with Gasteiger partial charge in [0.25, 0.3) is 6.43 Å². The lowest BCUT2D eigenvalue weighted by atomic mass is 9.44. The molecule has 12 heteroatoms. The van der Waals surface area contributed by atoms with E-state index in [1.807, 2.05) is 0 Å². The molecule has 0 aromatic rings. The minimum atomic E-state index is -4.34. The summed E-state index contributed by atoms with van der Waals surface area (Å²) in [6.45, 7) is 1.17. The third kappa shape index (κ3) is 5.18. The van der Waals surface area contributed by atoms with Crippen LogP contribution in [0.2, 0.25) is 0 Å². The van der Waals surface area contributed by atoms with Gasteiger partial charge in [-0.05, 0) is 32.1 Å². The van der Waals surface area contributed by atoms with Crippen molar-refractivity contribution >= 4 is 12.1 Å². The Bertz CT molecular complexity index is 676. The van der Waals surface area contributed by atoms with Gasteiger partial charge in [0.05, 0.1) is 12.1 Å². The van der Waals surface area contributed by atoms with Gasteiger partial charge in [0.1, 0.15) is 12.6 Å². The van der Waals surface area contributed by atoms with Gasteiger partial charge in [-0.15, -0.1) is 0 Å². The van der Waals surface area contributed by atoms with Crippen molar-refractivity contribution in [1.82, 2.24) is 21.3 Å². The maximum absolute atomic E-state index is 12.6. The van der Waals surface area contributed by atoms with Crippen molar-refractivity contribution in [3.05, 3.63) is 0 Å². The quantitative estimate of drug-likeness (QED) is 0.408. The van der Waals surface area contributed by atoms with Crippen molar-refractivity contribution in [1.29, 1.82) is 0 Å². The fourth-order valence-electron chi connectivity index (χ4n) is 5.06. The van der Waals surface area contributed by atoms with Gasteiger partial charge >= 0.3 is 6.18 Å². The molecule has 2 aliphatic heterocycles. The van der Waals surface area contributed by atoms with E-state index in [1.165, 1.54) is 0 Å². The van der Waals surface area contributed by atoms with Crippen LogP contribution in [-0.2, 0) is 9.53 Å². The smallest absolute Gasteiger partial charge is 0.363 e. The molecule has 31 heavy (non-hydrogen) atoms. The monoisotopic (exact) mass is 453 g/mol. The number of hydrogen-bond donors (Lipinski definition) is 4. The molecule has 4 atom stereocenters. The number of carbonyl (C=O) groups excluding carboxylic acids is 1. The van der Waals surface area contributed by atoms with Crippen molar-refractivity contribution < 1.29 is 31.5 Å². The highest BCUT2D eigenvalue weighted by Gasteiger charge is 2.68. The second-order valence-electron chi connectivity index (χ2n) is 9.26. The van der Waals surface area contributed by atoms with Crippen LogP contribution in [-0.4, -0.2) is 86.3 Å². The van der Waals surface area contributed by atoms with Crippen LogP contribution in [0.3, 0.4) is 0 Å². The van der Waals surface area contributed by atoms with Gasteiger partial charge in [0.2, 0.25) is 5.91 Å². The van der Waals surface area contributed by atoms with E-state index in [-0.39, 0.29) is 49.0 Å². The van der Waals surface area contributed by atoms with Crippen molar-refractivity contribution in [3.8, 4) is 0 Å². The fraction of sp³-hybridized carbons (Fsp3) is 0.895. The molecule has 5 aliphatic rings. The van der Waals surface area contributed by atoms with Gasteiger partial charge in [-0.25, -0.2) is 8.78 Å². The van der Waals surface area contributed by atoms with Gasteiger partial charge in [-0.2, -0.15) is 13.2 Å². The van der Waals surface area contributed by atoms with Crippen LogP contribution in [0.1, 0.15) is 32.1 Å². The molecule has 7 nitrogen and oxygen atoms in total. The number of amides is 1. The van der Waals surface area contributed by atoms with Crippen LogP contribution in [0.4, 0.5) is 22.0 Å². The molecule has 176 valence electrons. The Morgan fingerprint density at radius 1 is 1.16 bits per heavy atom. The van der Waals surface area contributed by atoms with E-state index in [2.05, 4.69) is 26.3 Å². The lowest BCUT2D eigenvalue weighted by Crippen LogP contribution is -2.84. The number of carbonyl (C=O) groups is 1. The summed E-state index contributed by atoms with van der Waals surface area (Å²) in [5.41, 5.74) is -0.257. The number of piperazine rings is 1. The maximum Gasteiger partial charge on any atom is 0.410 e. The molecule has 0 aromatic carbocycles. The van der Waals surface area contributed by atoms with Crippen molar-refractivity contribution in [2.24, 2.45) is 4.99 Å². The first kappa shape index (κ1) is 22.8. The van der Waals surface area contributed by atoms with Gasteiger partial charge in [0.15, 0.2) is 0 Å². The Morgan fingerprint density at radius 3 is 2.45 bits per heavy atom. The molecule has 0 spiro atoms. The predicted octanol–water partition coefficient (Wildman–Crippen LogP) is 0.743. The van der Waals surface area contributed by atoms with Crippen LogP contribution >= 0.6 is 0 Å². The summed E-state index contributed by atoms with van der Waals surface area (Å²) in [5, 5.41) is 12.4. The van der Waals surface area contributed by atoms with Crippen molar-refractivity contribution in [3.63, 3.8) is 0 Å². The third-order valence-corrected chi connectivity index (χ3v) is 6.68. The Balaban J connectivity index is 1.10. The van der Waals surface area contributed by atoms with Crippen LogP contribution in [0.5, 0.6) is 0 Å². The summed E-state index contributed by atoms with van der Waals surface area (Å²) in [4.78, 5) is 15.7. The zero-order valence-corrected chi connectivity index (χ0v) is 17.0. The summed E-state index contributed by atoms with van der Waals surface area (Å²) in [5.74, 6) is -0.282. The van der Waals surface area contributed by atoms with Gasteiger partial charge < -0.3 is 26.0 Å². The average Bonchev–Trinajstić information content (AvgIpc) is 2.67. The Kier molecular flexibility index (Phi) is 6.27. The highest BCUT2D eigenvalue weighted by Crippen LogP contribution is 2.60. The Morgan fingerprint density at radius 2 is 1.90 bits per heavy atom. The van der Waals surface area contributed by atoms with E-state index >= 15 is 0 Å². The lowest BCUT2D eigenvalue weighted by Gasteiger charge is -2.71. The van der Waals surface area contributed by atoms with Gasteiger partial charge in [0, 0.05) is 43.0 Å². The highest BCUT2D eigenvalue weighted by atomic mass is 19.4. The molecule has 4 unspecified atom stereocenters. The van der Waals surface area contributed by atoms with E-state index in [0.29, 0.717) is 13.1 Å². The van der Waals surface area contributed by atoms with Crippen LogP contribution in [0.25, 0.3) is 0 Å². The number of hydrogen-bond acceptors (Lipinski definition) is 6. The molecule has 1 amide bonds. The van der Waals surface area contributed by atoms with Crippen molar-refractivity contribution in [2.45, 2.75) is 80.0 Å². The second kappa shape index (κ2) is 8.53. The summed E-state index contributed by atoms with van der Waals surface area (Å²) >= 11 is 0. The van der Waals surface area contributed by atoms with Crippen LogP contribution in [0.15, 0.2) is 4.99 Å². The molecule has 1 saturated heterocycles. The number of halogens is 5. The average molecular weight is 453 g/mol. The fourth-order valence-corrected chi connectivity index (χ4v) is 5.06. The largest absolute Gasteiger partial charge is 0.410 e. The molecule has 2 heterocycles. The van der Waals surface area contributed by atoms with E-state index < -0.39 is 30.8 Å². The standard InChI is InChI=1S/C19H28F5N5O2/c20-16(21)13-6-25-11(3-26-13)4-28-17-8-18(9-17,10-17)29-15(30)7-31-12-1-2-14(27-5-12)19(22,23)24/h5,11-14,16,25-26,28H,1-4,6-10H2,(H,29,30). The molecule has 4 N–H and O–H groups in total. The lowest BCUT2D eigenvalue weighted by molar-refractivity contribution is -0.153. The first-order valence-electron chi connectivity index (χ1n) is 10.6. The summed E-state index contributed by atoms with van der Waals surface area (Å²) < 4.78 is 68.5. The van der Waals surface area contributed by atoms with Gasteiger partial charge in [-0.3, -0.25) is 9.79 Å². The Labute approximate surface area is 176 Å². The predicted molar refractivity (Wildman–Crippen MR) is 102 cm³/mol. The summed E-state index contributed by atoms with van der Waals surface area (Å²) in [6, 6.07) is -2.41. The minimum absolute atomic E-state index is 0.0159. The van der Waals surface area contributed by atoms with Crippen LogP contribution < -0.4 is 21.3 Å². The molecule has 5 rings (SSSR count). The summed E-state index contributed by atoms with van der Waals surface area (Å²) in [6.07, 6.45) is -3.73. The number of alkyl halides is 5. The second-order valence-corrected chi connectivity index (χ2v) is 9.26. The number of rotatable bonds is 8. The van der Waals surface area contributed by atoms with Crippen molar-refractivity contribution in [2.75, 3.05) is 26.2 Å². The molecular weight excluding hydrogens is 425 g/mol. The molecule has 3 saturated carbocycles.